The van der Waals surface area contributed by atoms with E-state index in [1.54, 1.807) is 6.92 Å². The van der Waals surface area contributed by atoms with Crippen molar-refractivity contribution < 1.29 is 19.8 Å². The number of benzene rings is 1. The van der Waals surface area contributed by atoms with Crippen LogP contribution in [0.3, 0.4) is 0 Å². The Balaban J connectivity index is 2.48. The molecular weight excluding hydrogens is 272 g/mol. The van der Waals surface area contributed by atoms with Gasteiger partial charge in [0, 0.05) is 19.6 Å². The van der Waals surface area contributed by atoms with Gasteiger partial charge in [-0.15, -0.1) is 0 Å². The molecule has 0 saturated heterocycles. The van der Waals surface area contributed by atoms with Crippen LogP contribution in [0, 0.1) is 5.92 Å². The Kier molecular flexibility index (Phi) is 7.25. The number of hydrogen-bond donors (Lipinski definition) is 3. The molecule has 0 spiro atoms. The molecule has 0 aliphatic heterocycles. The second kappa shape index (κ2) is 8.97. The van der Waals surface area contributed by atoms with Gasteiger partial charge in [-0.3, -0.25) is 4.79 Å². The van der Waals surface area contributed by atoms with Crippen LogP contribution < -0.4 is 5.32 Å². The quantitative estimate of drug-likeness (QED) is 0.674. The molecule has 6 heteroatoms. The van der Waals surface area contributed by atoms with E-state index in [4.69, 9.17) is 10.2 Å². The van der Waals surface area contributed by atoms with Crippen LogP contribution in [0.15, 0.2) is 30.3 Å². The monoisotopic (exact) mass is 294 g/mol. The van der Waals surface area contributed by atoms with Crippen LogP contribution in [0.2, 0.25) is 0 Å². The summed E-state index contributed by atoms with van der Waals surface area (Å²) < 4.78 is 0. The maximum absolute atomic E-state index is 12.0. The number of aliphatic carboxylic acids is 1. The fourth-order valence-electron chi connectivity index (χ4n) is 1.81. The summed E-state index contributed by atoms with van der Waals surface area (Å²) in [4.78, 5) is 24.2. The molecule has 0 bridgehead atoms. The highest BCUT2D eigenvalue weighted by atomic mass is 16.4. The fraction of sp³-hybridized carbons (Fsp3) is 0.467. The van der Waals surface area contributed by atoms with E-state index in [0.717, 1.165) is 5.56 Å². The molecule has 1 unspecified atom stereocenters. The van der Waals surface area contributed by atoms with E-state index in [1.807, 2.05) is 30.3 Å². The Labute approximate surface area is 124 Å². The van der Waals surface area contributed by atoms with Gasteiger partial charge in [0.25, 0.3) is 0 Å². The van der Waals surface area contributed by atoms with Crippen molar-refractivity contribution in [1.29, 1.82) is 0 Å². The van der Waals surface area contributed by atoms with Crippen molar-refractivity contribution in [3.8, 4) is 0 Å². The van der Waals surface area contributed by atoms with Crippen molar-refractivity contribution in [3.05, 3.63) is 35.9 Å². The lowest BCUT2D eigenvalue weighted by Crippen LogP contribution is -2.41. The van der Waals surface area contributed by atoms with Crippen molar-refractivity contribution in [2.24, 2.45) is 5.92 Å². The smallest absolute Gasteiger partial charge is 0.317 e. The zero-order chi connectivity index (χ0) is 15.7. The second-order valence-corrected chi connectivity index (χ2v) is 4.89. The number of carbonyl (C=O) groups excluding carboxylic acids is 1. The lowest BCUT2D eigenvalue weighted by Gasteiger charge is -2.22. The molecule has 1 atom stereocenters. The van der Waals surface area contributed by atoms with E-state index in [0.29, 0.717) is 19.5 Å². The van der Waals surface area contributed by atoms with Crippen LogP contribution in [0.4, 0.5) is 4.79 Å². The Morgan fingerprint density at radius 1 is 1.29 bits per heavy atom. The van der Waals surface area contributed by atoms with Gasteiger partial charge in [0.15, 0.2) is 0 Å². The zero-order valence-corrected chi connectivity index (χ0v) is 12.2. The first kappa shape index (κ1) is 17.0. The predicted molar refractivity (Wildman–Crippen MR) is 78.8 cm³/mol. The lowest BCUT2D eigenvalue weighted by atomic mass is 10.1. The van der Waals surface area contributed by atoms with Crippen LogP contribution in [0.1, 0.15) is 18.9 Å². The van der Waals surface area contributed by atoms with E-state index >= 15 is 0 Å². The van der Waals surface area contributed by atoms with Crippen LogP contribution in [-0.2, 0) is 11.3 Å². The molecule has 2 amide bonds. The van der Waals surface area contributed by atoms with E-state index in [-0.39, 0.29) is 19.2 Å². The number of nitrogens with zero attached hydrogens (tertiary/aromatic N) is 1. The molecule has 21 heavy (non-hydrogen) atoms. The van der Waals surface area contributed by atoms with Crippen LogP contribution in [0.25, 0.3) is 0 Å². The van der Waals surface area contributed by atoms with Gasteiger partial charge in [0.1, 0.15) is 0 Å². The third-order valence-corrected chi connectivity index (χ3v) is 3.15. The first-order valence-electron chi connectivity index (χ1n) is 6.95. The average Bonchev–Trinajstić information content (AvgIpc) is 2.47. The predicted octanol–water partition coefficient (Wildman–Crippen LogP) is 1.30. The van der Waals surface area contributed by atoms with Crippen molar-refractivity contribution in [1.82, 2.24) is 10.2 Å². The summed E-state index contributed by atoms with van der Waals surface area (Å²) in [5.41, 5.74) is 0.972. The molecule has 1 aromatic carbocycles. The molecule has 0 aliphatic carbocycles. The molecule has 6 nitrogen and oxygen atoms in total. The number of carboxylic acids is 1. The zero-order valence-electron chi connectivity index (χ0n) is 12.2. The Morgan fingerprint density at radius 2 is 1.95 bits per heavy atom. The lowest BCUT2D eigenvalue weighted by molar-refractivity contribution is -0.141. The summed E-state index contributed by atoms with van der Waals surface area (Å²) in [6, 6.07) is 9.19. The SMILES string of the molecule is CC(CCNC(=O)N(CCO)Cc1ccccc1)C(=O)O. The number of aliphatic hydroxyl groups is 1. The highest BCUT2D eigenvalue weighted by Gasteiger charge is 2.15. The van der Waals surface area contributed by atoms with Gasteiger partial charge in [0.05, 0.1) is 12.5 Å². The first-order chi connectivity index (χ1) is 10.0. The van der Waals surface area contributed by atoms with E-state index < -0.39 is 11.9 Å². The molecule has 1 rings (SSSR count). The minimum absolute atomic E-state index is 0.119. The highest BCUT2D eigenvalue weighted by molar-refractivity contribution is 5.74. The summed E-state index contributed by atoms with van der Waals surface area (Å²) in [6.45, 7) is 2.41. The summed E-state index contributed by atoms with van der Waals surface area (Å²) >= 11 is 0. The number of urea groups is 1. The number of hydrogen-bond acceptors (Lipinski definition) is 3. The number of rotatable bonds is 8. The second-order valence-electron chi connectivity index (χ2n) is 4.89. The van der Waals surface area contributed by atoms with Crippen molar-refractivity contribution >= 4 is 12.0 Å². The molecule has 0 radical (unpaired) electrons. The molecule has 0 aromatic heterocycles. The third-order valence-electron chi connectivity index (χ3n) is 3.15. The summed E-state index contributed by atoms with van der Waals surface area (Å²) in [6.07, 6.45) is 0.374. The normalized spacial score (nSPS) is 11.7. The number of nitrogens with one attached hydrogen (secondary N) is 1. The van der Waals surface area contributed by atoms with Gasteiger partial charge in [-0.25, -0.2) is 4.79 Å². The molecule has 3 N–H and O–H groups in total. The Hall–Kier alpha value is -2.08. The maximum atomic E-state index is 12.0. The van der Waals surface area contributed by atoms with Gasteiger partial charge in [-0.1, -0.05) is 37.3 Å². The topological polar surface area (TPSA) is 89.9 Å². The van der Waals surface area contributed by atoms with E-state index in [2.05, 4.69) is 5.32 Å². The number of aliphatic hydroxyl groups excluding tert-OH is 1. The molecular formula is C15H22N2O4. The summed E-state index contributed by atoms with van der Waals surface area (Å²) in [5.74, 6) is -1.37. The van der Waals surface area contributed by atoms with E-state index in [9.17, 15) is 9.59 Å². The standard InChI is InChI=1S/C15H22N2O4/c1-12(14(19)20)7-8-16-15(21)17(9-10-18)11-13-5-3-2-4-6-13/h2-6,12,18H,7-11H2,1H3,(H,16,21)(H,19,20). The third kappa shape index (κ3) is 6.27. The van der Waals surface area contributed by atoms with Crippen molar-refractivity contribution in [2.75, 3.05) is 19.7 Å². The van der Waals surface area contributed by atoms with Gasteiger partial charge in [-0.2, -0.15) is 0 Å². The van der Waals surface area contributed by atoms with Gasteiger partial charge >= 0.3 is 12.0 Å². The van der Waals surface area contributed by atoms with Gasteiger partial charge in [0.2, 0.25) is 0 Å². The van der Waals surface area contributed by atoms with Crippen LogP contribution in [0.5, 0.6) is 0 Å². The molecule has 0 heterocycles. The molecule has 116 valence electrons. The molecule has 0 aliphatic rings. The fourth-order valence-corrected chi connectivity index (χ4v) is 1.81. The van der Waals surface area contributed by atoms with E-state index in [1.165, 1.54) is 4.90 Å². The van der Waals surface area contributed by atoms with Crippen molar-refractivity contribution in [2.45, 2.75) is 19.9 Å². The number of amides is 2. The molecule has 1 aromatic rings. The minimum Gasteiger partial charge on any atom is -0.481 e. The maximum Gasteiger partial charge on any atom is 0.317 e. The Morgan fingerprint density at radius 3 is 2.52 bits per heavy atom. The highest BCUT2D eigenvalue weighted by Crippen LogP contribution is 2.05. The summed E-state index contributed by atoms with van der Waals surface area (Å²) in [7, 11) is 0. The minimum atomic E-state index is -0.874. The van der Waals surface area contributed by atoms with Crippen LogP contribution >= 0.6 is 0 Å². The molecule has 0 saturated carbocycles. The van der Waals surface area contributed by atoms with Gasteiger partial charge in [-0.05, 0) is 12.0 Å². The largest absolute Gasteiger partial charge is 0.481 e. The van der Waals surface area contributed by atoms with Gasteiger partial charge < -0.3 is 20.4 Å². The number of carboxylic acid groups (broad SMARTS) is 1. The average molecular weight is 294 g/mol. The first-order valence-corrected chi connectivity index (χ1v) is 6.95. The molecule has 0 fully saturated rings. The Bertz CT molecular complexity index is 450. The number of carbonyl (C=O) groups is 2. The van der Waals surface area contributed by atoms with Crippen LogP contribution in [-0.4, -0.2) is 46.8 Å². The summed E-state index contributed by atoms with van der Waals surface area (Å²) in [5, 5.41) is 20.5. The van der Waals surface area contributed by atoms with Crippen molar-refractivity contribution in [3.63, 3.8) is 0 Å².